The molecule has 0 saturated heterocycles. The molecular formula is C21H23ClN4O. The SMILES string of the molecule is Cn1cccc1-c1cc(C(=O)NC2CCCCC2)n(-c2ccc(Cl)cc2)n1. The van der Waals surface area contributed by atoms with E-state index in [1.54, 1.807) is 4.68 Å². The number of carbonyl (C=O) groups excluding carboxylic acids is 1. The molecule has 5 nitrogen and oxygen atoms in total. The molecule has 1 N–H and O–H groups in total. The van der Waals surface area contributed by atoms with Crippen LogP contribution in [-0.2, 0) is 7.05 Å². The predicted molar refractivity (Wildman–Crippen MR) is 107 cm³/mol. The number of aryl methyl sites for hydroxylation is 1. The first-order chi connectivity index (χ1) is 13.1. The molecule has 1 aliphatic rings. The summed E-state index contributed by atoms with van der Waals surface area (Å²) in [6, 6.07) is 13.5. The van der Waals surface area contributed by atoms with Crippen molar-refractivity contribution in [3.63, 3.8) is 0 Å². The van der Waals surface area contributed by atoms with E-state index in [2.05, 4.69) is 5.32 Å². The number of hydrogen-bond donors (Lipinski definition) is 1. The fourth-order valence-corrected chi connectivity index (χ4v) is 3.81. The van der Waals surface area contributed by atoms with Crippen LogP contribution in [0, 0.1) is 0 Å². The van der Waals surface area contributed by atoms with Crippen LogP contribution in [0.1, 0.15) is 42.6 Å². The second kappa shape index (κ2) is 7.61. The van der Waals surface area contributed by atoms with Crippen molar-refractivity contribution in [1.82, 2.24) is 19.7 Å². The summed E-state index contributed by atoms with van der Waals surface area (Å²) in [5.74, 6) is -0.0789. The zero-order chi connectivity index (χ0) is 18.8. The largest absolute Gasteiger partial charge is 0.349 e. The van der Waals surface area contributed by atoms with Crippen LogP contribution < -0.4 is 5.32 Å². The highest BCUT2D eigenvalue weighted by atomic mass is 35.5. The summed E-state index contributed by atoms with van der Waals surface area (Å²) < 4.78 is 3.70. The molecule has 2 aromatic heterocycles. The van der Waals surface area contributed by atoms with Gasteiger partial charge in [-0.25, -0.2) is 4.68 Å². The molecule has 0 spiro atoms. The average Bonchev–Trinajstić information content (AvgIpc) is 3.29. The summed E-state index contributed by atoms with van der Waals surface area (Å²) in [7, 11) is 1.97. The highest BCUT2D eigenvalue weighted by Crippen LogP contribution is 2.24. The van der Waals surface area contributed by atoms with Crippen molar-refractivity contribution in [3.8, 4) is 17.1 Å². The lowest BCUT2D eigenvalue weighted by molar-refractivity contribution is 0.0920. The third-order valence-electron chi connectivity index (χ3n) is 5.16. The van der Waals surface area contributed by atoms with E-state index in [4.69, 9.17) is 16.7 Å². The van der Waals surface area contributed by atoms with Crippen LogP contribution in [0.15, 0.2) is 48.7 Å². The number of aromatic nitrogens is 3. The van der Waals surface area contributed by atoms with Gasteiger partial charge in [0, 0.05) is 24.3 Å². The predicted octanol–water partition coefficient (Wildman–Crippen LogP) is 4.59. The van der Waals surface area contributed by atoms with Crippen LogP contribution >= 0.6 is 11.6 Å². The van der Waals surface area contributed by atoms with Gasteiger partial charge in [-0.1, -0.05) is 30.9 Å². The molecule has 3 aromatic rings. The third kappa shape index (κ3) is 3.78. The Bertz CT molecular complexity index is 936. The Morgan fingerprint density at radius 2 is 1.89 bits per heavy atom. The summed E-state index contributed by atoms with van der Waals surface area (Å²) in [6.45, 7) is 0. The highest BCUT2D eigenvalue weighted by Gasteiger charge is 2.22. The fraction of sp³-hybridized carbons (Fsp3) is 0.333. The lowest BCUT2D eigenvalue weighted by Gasteiger charge is -2.22. The van der Waals surface area contributed by atoms with E-state index in [1.807, 2.05) is 60.3 Å². The Morgan fingerprint density at radius 3 is 2.56 bits per heavy atom. The van der Waals surface area contributed by atoms with Crippen LogP contribution in [0.3, 0.4) is 0 Å². The molecule has 0 atom stereocenters. The second-order valence-corrected chi connectivity index (χ2v) is 7.55. The molecule has 2 heterocycles. The van der Waals surface area contributed by atoms with Crippen molar-refractivity contribution in [2.45, 2.75) is 38.1 Å². The number of hydrogen-bond acceptors (Lipinski definition) is 2. The van der Waals surface area contributed by atoms with Crippen LogP contribution in [0.4, 0.5) is 0 Å². The molecule has 6 heteroatoms. The second-order valence-electron chi connectivity index (χ2n) is 7.12. The van der Waals surface area contributed by atoms with Crippen molar-refractivity contribution < 1.29 is 4.79 Å². The van der Waals surface area contributed by atoms with Gasteiger partial charge >= 0.3 is 0 Å². The summed E-state index contributed by atoms with van der Waals surface area (Å²) >= 11 is 6.03. The minimum atomic E-state index is -0.0789. The van der Waals surface area contributed by atoms with Crippen LogP contribution in [0.5, 0.6) is 0 Å². The molecule has 0 bridgehead atoms. The molecule has 1 amide bonds. The van der Waals surface area contributed by atoms with E-state index in [0.717, 1.165) is 29.9 Å². The van der Waals surface area contributed by atoms with E-state index in [1.165, 1.54) is 19.3 Å². The molecule has 1 aliphatic carbocycles. The molecular weight excluding hydrogens is 360 g/mol. The maximum atomic E-state index is 13.0. The first kappa shape index (κ1) is 17.9. The van der Waals surface area contributed by atoms with Gasteiger partial charge < -0.3 is 9.88 Å². The number of nitrogens with zero attached hydrogens (tertiary/aromatic N) is 3. The lowest BCUT2D eigenvalue weighted by Crippen LogP contribution is -2.37. The maximum Gasteiger partial charge on any atom is 0.270 e. The van der Waals surface area contributed by atoms with Crippen molar-refractivity contribution in [3.05, 3.63) is 59.4 Å². The zero-order valence-electron chi connectivity index (χ0n) is 15.4. The number of benzene rings is 1. The normalized spacial score (nSPS) is 15.0. The lowest BCUT2D eigenvalue weighted by atomic mass is 9.95. The van der Waals surface area contributed by atoms with Gasteiger partial charge in [-0.15, -0.1) is 0 Å². The molecule has 1 aromatic carbocycles. The molecule has 0 unspecified atom stereocenters. The quantitative estimate of drug-likeness (QED) is 0.717. The summed E-state index contributed by atoms with van der Waals surface area (Å²) in [5.41, 5.74) is 3.09. The Kier molecular flexibility index (Phi) is 5.03. The minimum Gasteiger partial charge on any atom is -0.349 e. The van der Waals surface area contributed by atoms with E-state index < -0.39 is 0 Å². The van der Waals surface area contributed by atoms with Gasteiger partial charge in [-0.2, -0.15) is 5.10 Å². The van der Waals surface area contributed by atoms with Crippen LogP contribution in [-0.4, -0.2) is 26.3 Å². The zero-order valence-corrected chi connectivity index (χ0v) is 16.1. The summed E-state index contributed by atoms with van der Waals surface area (Å²) in [4.78, 5) is 13.0. The minimum absolute atomic E-state index is 0.0789. The Balaban J connectivity index is 1.71. The summed E-state index contributed by atoms with van der Waals surface area (Å²) in [6.07, 6.45) is 7.67. The van der Waals surface area contributed by atoms with Crippen molar-refractivity contribution in [2.75, 3.05) is 0 Å². The number of amides is 1. The standard InChI is InChI=1S/C21H23ClN4O/c1-25-13-5-8-19(25)18-14-20(21(27)23-16-6-3-2-4-7-16)26(24-18)17-11-9-15(22)10-12-17/h5,8-14,16H,2-4,6-7H2,1H3,(H,23,27). The Hall–Kier alpha value is -2.53. The van der Waals surface area contributed by atoms with Gasteiger partial charge in [0.15, 0.2) is 0 Å². The number of nitrogens with one attached hydrogen (secondary N) is 1. The Morgan fingerprint density at radius 1 is 1.15 bits per heavy atom. The Labute approximate surface area is 164 Å². The summed E-state index contributed by atoms with van der Waals surface area (Å²) in [5, 5.41) is 8.57. The molecule has 140 valence electrons. The average molecular weight is 383 g/mol. The van der Waals surface area contributed by atoms with Crippen molar-refractivity contribution >= 4 is 17.5 Å². The van der Waals surface area contributed by atoms with E-state index in [0.29, 0.717) is 10.7 Å². The van der Waals surface area contributed by atoms with Gasteiger partial charge in [-0.05, 0) is 55.3 Å². The fourth-order valence-electron chi connectivity index (χ4n) is 3.68. The monoisotopic (exact) mass is 382 g/mol. The molecule has 27 heavy (non-hydrogen) atoms. The van der Waals surface area contributed by atoms with E-state index >= 15 is 0 Å². The molecule has 4 rings (SSSR count). The first-order valence-electron chi connectivity index (χ1n) is 9.40. The topological polar surface area (TPSA) is 51.9 Å². The molecule has 1 fully saturated rings. The highest BCUT2D eigenvalue weighted by molar-refractivity contribution is 6.30. The van der Waals surface area contributed by atoms with E-state index in [9.17, 15) is 4.79 Å². The number of rotatable bonds is 4. The van der Waals surface area contributed by atoms with E-state index in [-0.39, 0.29) is 11.9 Å². The molecule has 0 aliphatic heterocycles. The van der Waals surface area contributed by atoms with Crippen LogP contribution in [0.25, 0.3) is 17.1 Å². The number of halogens is 1. The third-order valence-corrected chi connectivity index (χ3v) is 5.41. The van der Waals surface area contributed by atoms with Crippen molar-refractivity contribution in [1.29, 1.82) is 0 Å². The van der Waals surface area contributed by atoms with Gasteiger partial charge in [-0.3, -0.25) is 4.79 Å². The van der Waals surface area contributed by atoms with Gasteiger partial charge in [0.25, 0.3) is 5.91 Å². The molecule has 1 saturated carbocycles. The van der Waals surface area contributed by atoms with Gasteiger partial charge in [0.05, 0.1) is 11.4 Å². The number of carbonyl (C=O) groups is 1. The molecule has 0 radical (unpaired) electrons. The van der Waals surface area contributed by atoms with Crippen LogP contribution in [0.2, 0.25) is 5.02 Å². The maximum absolute atomic E-state index is 13.0. The van der Waals surface area contributed by atoms with Crippen molar-refractivity contribution in [2.24, 2.45) is 7.05 Å². The van der Waals surface area contributed by atoms with Gasteiger partial charge in [0.2, 0.25) is 0 Å². The first-order valence-corrected chi connectivity index (χ1v) is 9.78. The van der Waals surface area contributed by atoms with Gasteiger partial charge in [0.1, 0.15) is 11.4 Å². The smallest absolute Gasteiger partial charge is 0.270 e.